The molecule has 1 aliphatic carbocycles. The van der Waals surface area contributed by atoms with E-state index >= 15 is 0 Å². The van der Waals surface area contributed by atoms with Gasteiger partial charge in [0.1, 0.15) is 0 Å². The van der Waals surface area contributed by atoms with E-state index in [1.54, 1.807) is 7.11 Å². The summed E-state index contributed by atoms with van der Waals surface area (Å²) in [5.74, 6) is 0. The number of ether oxygens (including phenoxy) is 1. The highest BCUT2D eigenvalue weighted by Crippen LogP contribution is 2.44. The molecule has 3 nitrogen and oxygen atoms in total. The molecule has 2 unspecified atom stereocenters. The first-order valence-electron chi connectivity index (χ1n) is 11.4. The van der Waals surface area contributed by atoms with Gasteiger partial charge in [-0.25, -0.2) is 0 Å². The van der Waals surface area contributed by atoms with E-state index in [0.29, 0.717) is 11.7 Å². The van der Waals surface area contributed by atoms with Crippen LogP contribution < -0.4 is 10.6 Å². The maximum absolute atomic E-state index is 5.50. The van der Waals surface area contributed by atoms with Gasteiger partial charge in [-0.15, -0.1) is 0 Å². The number of hydrazone groups is 1. The number of methoxy groups -OCH3 is 1. The van der Waals surface area contributed by atoms with E-state index in [0.717, 1.165) is 32.4 Å². The van der Waals surface area contributed by atoms with Crippen LogP contribution in [0.2, 0.25) is 0 Å². The van der Waals surface area contributed by atoms with Crippen molar-refractivity contribution in [3.05, 3.63) is 84.5 Å². The maximum Gasteiger partial charge on any atom is 0.0720 e. The Balaban J connectivity index is 1.78. The normalized spacial score (nSPS) is 19.8. The highest BCUT2D eigenvalue weighted by molar-refractivity contribution is 7.74. The van der Waals surface area contributed by atoms with E-state index in [2.05, 4.69) is 90.8 Å². The Labute approximate surface area is 188 Å². The summed E-state index contributed by atoms with van der Waals surface area (Å²) in [4.78, 5) is 0. The first-order valence-corrected chi connectivity index (χ1v) is 12.8. The predicted octanol–water partition coefficient (Wildman–Crippen LogP) is 5.25. The summed E-state index contributed by atoms with van der Waals surface area (Å²) in [7, 11) is 1.23. The van der Waals surface area contributed by atoms with E-state index in [1.165, 1.54) is 28.3 Å². The molecule has 1 aliphatic heterocycles. The predicted molar refractivity (Wildman–Crippen MR) is 134 cm³/mol. The van der Waals surface area contributed by atoms with Gasteiger partial charge in [0.05, 0.1) is 18.4 Å². The summed E-state index contributed by atoms with van der Waals surface area (Å²) in [6, 6.07) is 22.5. The van der Waals surface area contributed by atoms with Crippen LogP contribution >= 0.6 is 7.92 Å². The molecule has 4 heteroatoms. The third kappa shape index (κ3) is 5.17. The van der Waals surface area contributed by atoms with Crippen LogP contribution in [0.5, 0.6) is 0 Å². The van der Waals surface area contributed by atoms with Crippen LogP contribution in [0.1, 0.15) is 32.6 Å². The Kier molecular flexibility index (Phi) is 7.72. The number of benzene rings is 2. The molecule has 2 aromatic carbocycles. The van der Waals surface area contributed by atoms with E-state index in [4.69, 9.17) is 9.84 Å². The first-order chi connectivity index (χ1) is 15.3. The van der Waals surface area contributed by atoms with E-state index < -0.39 is 7.92 Å². The molecule has 1 fully saturated rings. The molecule has 2 atom stereocenters. The van der Waals surface area contributed by atoms with Gasteiger partial charge in [-0.3, -0.25) is 5.01 Å². The molecule has 2 aromatic rings. The van der Waals surface area contributed by atoms with Crippen molar-refractivity contribution in [1.29, 1.82) is 0 Å². The highest BCUT2D eigenvalue weighted by atomic mass is 31.1. The Bertz CT molecular complexity index is 883. The van der Waals surface area contributed by atoms with E-state index in [9.17, 15) is 0 Å². The number of nitrogens with zero attached hydrogens (tertiary/aromatic N) is 2. The van der Waals surface area contributed by atoms with E-state index in [-0.39, 0.29) is 0 Å². The third-order valence-electron chi connectivity index (χ3n) is 6.12. The minimum absolute atomic E-state index is 0.370. The molecule has 0 N–H and O–H groups in total. The maximum atomic E-state index is 5.50. The van der Waals surface area contributed by atoms with Gasteiger partial charge >= 0.3 is 0 Å². The van der Waals surface area contributed by atoms with Crippen molar-refractivity contribution in [3.63, 3.8) is 0 Å². The SMILES string of the molecule is CCC(/C(=N\N1CCCC1COC)C1=CC=CC1)P(c1ccccc1)c1ccccc1. The van der Waals surface area contributed by atoms with Crippen molar-refractivity contribution >= 4 is 24.2 Å². The van der Waals surface area contributed by atoms with Crippen LogP contribution in [0.3, 0.4) is 0 Å². The van der Waals surface area contributed by atoms with Gasteiger partial charge in [0.15, 0.2) is 0 Å². The molecule has 1 saturated heterocycles. The quantitative estimate of drug-likeness (QED) is 0.399. The van der Waals surface area contributed by atoms with Gasteiger partial charge in [-0.05, 0) is 49.8 Å². The van der Waals surface area contributed by atoms with Crippen molar-refractivity contribution in [2.24, 2.45) is 5.10 Å². The molecular formula is C27H33N2OP. The molecule has 0 radical (unpaired) electrons. The molecule has 2 aliphatic rings. The fourth-order valence-corrected chi connectivity index (χ4v) is 7.45. The van der Waals surface area contributed by atoms with Crippen molar-refractivity contribution in [2.75, 3.05) is 20.3 Å². The smallest absolute Gasteiger partial charge is 0.0720 e. The van der Waals surface area contributed by atoms with Crippen LogP contribution in [0.4, 0.5) is 0 Å². The third-order valence-corrected chi connectivity index (χ3v) is 9.07. The van der Waals surface area contributed by atoms with Crippen molar-refractivity contribution in [3.8, 4) is 0 Å². The molecule has 4 rings (SSSR count). The van der Waals surface area contributed by atoms with Crippen LogP contribution in [0.25, 0.3) is 0 Å². The van der Waals surface area contributed by atoms with Crippen LogP contribution in [0, 0.1) is 0 Å². The van der Waals surface area contributed by atoms with Gasteiger partial charge in [0.2, 0.25) is 0 Å². The Morgan fingerprint density at radius 3 is 2.32 bits per heavy atom. The highest BCUT2D eigenvalue weighted by Gasteiger charge is 2.32. The molecule has 0 aromatic heterocycles. The average molecular weight is 433 g/mol. The second-order valence-corrected chi connectivity index (χ2v) is 10.6. The summed E-state index contributed by atoms with van der Waals surface area (Å²) >= 11 is 0. The standard InChI is InChI=1S/C27H33N2OP/c1-3-26(31(24-16-6-4-7-17-24)25-18-8-5-9-19-25)27(22-13-10-11-14-22)28-29-20-12-15-23(29)21-30-2/h4-11,13,16-19,23,26H,3,12,14-15,20-21H2,1-2H3/b28-27-. The minimum atomic E-state index is -0.570. The molecule has 0 bridgehead atoms. The lowest BCUT2D eigenvalue weighted by molar-refractivity contribution is 0.118. The molecule has 1 heterocycles. The summed E-state index contributed by atoms with van der Waals surface area (Å²) in [5.41, 5.74) is 3.01. The lowest BCUT2D eigenvalue weighted by Gasteiger charge is -2.32. The lowest BCUT2D eigenvalue weighted by Crippen LogP contribution is -2.34. The summed E-state index contributed by atoms with van der Waals surface area (Å²) in [6.07, 6.45) is 11.1. The summed E-state index contributed by atoms with van der Waals surface area (Å²) < 4.78 is 5.50. The van der Waals surface area contributed by atoms with Crippen molar-refractivity contribution in [2.45, 2.75) is 44.3 Å². The second kappa shape index (κ2) is 10.9. The number of rotatable bonds is 9. The topological polar surface area (TPSA) is 24.8 Å². The largest absolute Gasteiger partial charge is 0.382 e. The molecule has 0 saturated carbocycles. The van der Waals surface area contributed by atoms with E-state index in [1.807, 2.05) is 0 Å². The molecule has 31 heavy (non-hydrogen) atoms. The molecule has 162 valence electrons. The summed E-state index contributed by atoms with van der Waals surface area (Å²) in [5, 5.41) is 10.5. The van der Waals surface area contributed by atoms with Gasteiger partial charge in [-0.2, -0.15) is 5.10 Å². The molecule has 0 spiro atoms. The summed E-state index contributed by atoms with van der Waals surface area (Å²) in [6.45, 7) is 4.08. The monoisotopic (exact) mass is 432 g/mol. The molecular weight excluding hydrogens is 399 g/mol. The molecule has 0 amide bonds. The Morgan fingerprint density at radius 1 is 1.10 bits per heavy atom. The van der Waals surface area contributed by atoms with Gasteiger partial charge in [0, 0.05) is 19.3 Å². The van der Waals surface area contributed by atoms with Crippen molar-refractivity contribution in [1.82, 2.24) is 5.01 Å². The zero-order valence-corrected chi connectivity index (χ0v) is 19.5. The second-order valence-electron chi connectivity index (χ2n) is 8.19. The van der Waals surface area contributed by atoms with Gasteiger partial charge < -0.3 is 4.74 Å². The fourth-order valence-electron chi connectivity index (χ4n) is 4.62. The number of allylic oxidation sites excluding steroid dienone is 4. The van der Waals surface area contributed by atoms with Crippen LogP contribution in [-0.2, 0) is 4.74 Å². The van der Waals surface area contributed by atoms with Crippen LogP contribution in [-0.4, -0.2) is 42.7 Å². The minimum Gasteiger partial charge on any atom is -0.382 e. The zero-order valence-electron chi connectivity index (χ0n) is 18.7. The Hall–Kier alpha value is -2.22. The lowest BCUT2D eigenvalue weighted by atomic mass is 10.1. The zero-order chi connectivity index (χ0) is 21.5. The van der Waals surface area contributed by atoms with Gasteiger partial charge in [0.25, 0.3) is 0 Å². The Morgan fingerprint density at radius 2 is 1.77 bits per heavy atom. The van der Waals surface area contributed by atoms with Gasteiger partial charge in [-0.1, -0.05) is 85.8 Å². The average Bonchev–Trinajstić information content (AvgIpc) is 3.50. The van der Waals surface area contributed by atoms with Crippen LogP contribution in [0.15, 0.2) is 89.6 Å². The number of hydrogen-bond acceptors (Lipinski definition) is 3. The fraction of sp³-hybridized carbons (Fsp3) is 0.370. The number of hydrogen-bond donors (Lipinski definition) is 0. The first kappa shape index (κ1) is 22.0. The van der Waals surface area contributed by atoms with Crippen molar-refractivity contribution < 1.29 is 4.74 Å².